The van der Waals surface area contributed by atoms with Crippen LogP contribution < -0.4 is 14.5 Å². The number of anilines is 4. The summed E-state index contributed by atoms with van der Waals surface area (Å²) in [6, 6.07) is 39.6. The molecule has 2 amide bonds. The zero-order chi connectivity index (χ0) is 37.1. The molecule has 1 aliphatic heterocycles. The molecule has 0 N–H and O–H groups in total. The topological polar surface area (TPSA) is 84.0 Å². The van der Waals surface area contributed by atoms with E-state index in [2.05, 4.69) is 11.8 Å². The van der Waals surface area contributed by atoms with Crippen molar-refractivity contribution >= 4 is 57.1 Å². The van der Waals surface area contributed by atoms with Gasteiger partial charge in [-0.25, -0.2) is 4.90 Å². The largest absolute Gasteiger partial charge is 0.426 e. The van der Waals surface area contributed by atoms with Crippen molar-refractivity contribution in [2.75, 3.05) is 9.80 Å². The number of ketones is 1. The summed E-state index contributed by atoms with van der Waals surface area (Å²) in [5, 5.41) is 1.36. The van der Waals surface area contributed by atoms with E-state index in [0.717, 1.165) is 52.8 Å². The van der Waals surface area contributed by atoms with Crippen molar-refractivity contribution in [3.05, 3.63) is 161 Å². The van der Waals surface area contributed by atoms with Gasteiger partial charge in [-0.1, -0.05) is 61.9 Å². The zero-order valence-corrected chi connectivity index (χ0v) is 30.1. The summed E-state index contributed by atoms with van der Waals surface area (Å²) in [4.78, 5) is 57.1. The highest BCUT2D eigenvalue weighted by Gasteiger charge is 2.35. The molecule has 53 heavy (non-hydrogen) atoms. The molecule has 1 aliphatic rings. The molecule has 0 spiro atoms. The van der Waals surface area contributed by atoms with Crippen molar-refractivity contribution in [3.8, 4) is 5.75 Å². The number of nitrogens with zero attached hydrogens (tertiary/aromatic N) is 2. The molecule has 264 valence electrons. The number of benzene rings is 6. The van der Waals surface area contributed by atoms with E-state index in [-0.39, 0.29) is 30.4 Å². The van der Waals surface area contributed by atoms with Gasteiger partial charge in [0.25, 0.3) is 11.8 Å². The lowest BCUT2D eigenvalue weighted by molar-refractivity contribution is -0.134. The molecule has 7 nitrogen and oxygen atoms in total. The summed E-state index contributed by atoms with van der Waals surface area (Å²) in [6.45, 7) is 6.03. The van der Waals surface area contributed by atoms with Crippen LogP contribution in [0.5, 0.6) is 5.75 Å². The Morgan fingerprint density at radius 3 is 2.02 bits per heavy atom. The van der Waals surface area contributed by atoms with Crippen molar-refractivity contribution < 1.29 is 23.9 Å². The molecule has 0 saturated carbocycles. The molecule has 1 heterocycles. The van der Waals surface area contributed by atoms with E-state index in [1.165, 1.54) is 10.5 Å². The molecule has 7 heteroatoms. The number of Topliss-reactive ketones (excluding diaryl/α,β-unsaturated/α-hetero) is 1. The first-order chi connectivity index (χ1) is 25.7. The number of unbranched alkanes of at least 4 members (excludes halogenated alkanes) is 1. The Bertz CT molecular complexity index is 2310. The molecule has 6 aromatic carbocycles. The molecular formula is C46H40N2O5. The predicted octanol–water partition coefficient (Wildman–Crippen LogP) is 10.6. The third-order valence-corrected chi connectivity index (χ3v) is 9.58. The van der Waals surface area contributed by atoms with Gasteiger partial charge in [0.05, 0.1) is 17.8 Å². The Morgan fingerprint density at radius 2 is 1.34 bits per heavy atom. The highest BCUT2D eigenvalue weighted by molar-refractivity contribution is 6.36. The second-order valence-corrected chi connectivity index (χ2v) is 13.5. The van der Waals surface area contributed by atoms with Crippen LogP contribution >= 0.6 is 0 Å². The van der Waals surface area contributed by atoms with Crippen LogP contribution in [0.1, 0.15) is 80.4 Å². The van der Waals surface area contributed by atoms with Crippen LogP contribution in [-0.4, -0.2) is 23.6 Å². The molecule has 0 fully saturated rings. The molecule has 0 unspecified atom stereocenters. The fourth-order valence-electron chi connectivity index (χ4n) is 7.04. The van der Waals surface area contributed by atoms with E-state index in [1.807, 2.05) is 105 Å². The second kappa shape index (κ2) is 15.1. The zero-order valence-electron chi connectivity index (χ0n) is 30.1. The Morgan fingerprint density at radius 1 is 0.679 bits per heavy atom. The van der Waals surface area contributed by atoms with Crippen LogP contribution in [0.15, 0.2) is 127 Å². The summed E-state index contributed by atoms with van der Waals surface area (Å²) < 4.78 is 5.49. The van der Waals surface area contributed by atoms with Crippen LogP contribution in [0.25, 0.3) is 10.8 Å². The van der Waals surface area contributed by atoms with E-state index in [1.54, 1.807) is 36.4 Å². The molecule has 6 aromatic rings. The van der Waals surface area contributed by atoms with Crippen molar-refractivity contribution in [3.63, 3.8) is 0 Å². The van der Waals surface area contributed by atoms with Gasteiger partial charge in [-0.3, -0.25) is 19.2 Å². The summed E-state index contributed by atoms with van der Waals surface area (Å²) in [5.74, 6) is -0.878. The molecule has 7 rings (SSSR count). The highest BCUT2D eigenvalue weighted by Crippen LogP contribution is 2.43. The fraction of sp³-hybridized carbons (Fsp3) is 0.174. The fourth-order valence-corrected chi connectivity index (χ4v) is 7.04. The van der Waals surface area contributed by atoms with Gasteiger partial charge < -0.3 is 9.64 Å². The molecule has 0 radical (unpaired) electrons. The van der Waals surface area contributed by atoms with Gasteiger partial charge in [0.2, 0.25) is 0 Å². The first-order valence-corrected chi connectivity index (χ1v) is 18.0. The second-order valence-electron chi connectivity index (χ2n) is 13.5. The molecule has 0 atom stereocenters. The minimum Gasteiger partial charge on any atom is -0.426 e. The minimum atomic E-state index is -0.460. The Hall–Kier alpha value is -6.34. The van der Waals surface area contributed by atoms with E-state index in [0.29, 0.717) is 33.5 Å². The van der Waals surface area contributed by atoms with Gasteiger partial charge >= 0.3 is 5.97 Å². The maximum atomic E-state index is 14.0. The van der Waals surface area contributed by atoms with Crippen LogP contribution in [0.2, 0.25) is 0 Å². The number of carbonyl (C=O) groups is 4. The summed E-state index contributed by atoms with van der Waals surface area (Å²) in [5.41, 5.74) is 7.52. The van der Waals surface area contributed by atoms with Crippen LogP contribution in [0, 0.1) is 13.8 Å². The average Bonchev–Trinajstić information content (AvgIpc) is 3.16. The summed E-state index contributed by atoms with van der Waals surface area (Å²) in [6.07, 6.45) is 3.10. The van der Waals surface area contributed by atoms with Crippen LogP contribution in [-0.2, 0) is 11.2 Å². The van der Waals surface area contributed by atoms with Gasteiger partial charge in [0, 0.05) is 45.3 Å². The standard InChI is InChI=1S/C46H40N2O5/c1-4-5-10-32-15-19-36(20-16-32)48-45(51)39-14-9-13-38-41(24-23-40(44(38)39)46(48)52)47(34-11-7-6-8-12-34)35-21-17-33(18-22-35)42(49)25-26-43(50)53-37-28-30(2)27-31(3)29-37/h6-9,11-24,27-29H,4-5,10,25-26H2,1-3H3. The molecule has 0 saturated heterocycles. The van der Waals surface area contributed by atoms with E-state index < -0.39 is 5.97 Å². The Kier molecular flexibility index (Phi) is 9.99. The SMILES string of the molecule is CCCCc1ccc(N2C(=O)c3cccc4c(N(c5ccccc5)c5ccc(C(=O)CCC(=O)Oc6cc(C)cc(C)c6)cc5)ccc(c34)C2=O)cc1. The van der Waals surface area contributed by atoms with Crippen molar-refractivity contribution in [1.82, 2.24) is 0 Å². The maximum absolute atomic E-state index is 14.0. The predicted molar refractivity (Wildman–Crippen MR) is 210 cm³/mol. The molecule has 0 bridgehead atoms. The highest BCUT2D eigenvalue weighted by atomic mass is 16.5. The number of aryl methyl sites for hydroxylation is 3. The smallest absolute Gasteiger partial charge is 0.311 e. The minimum absolute atomic E-state index is 0.0162. The van der Waals surface area contributed by atoms with Gasteiger partial charge in [-0.2, -0.15) is 0 Å². The lowest BCUT2D eigenvalue weighted by Gasteiger charge is -2.31. The Balaban J connectivity index is 1.17. The lowest BCUT2D eigenvalue weighted by atomic mass is 9.92. The van der Waals surface area contributed by atoms with Crippen molar-refractivity contribution in [2.45, 2.75) is 52.9 Å². The van der Waals surface area contributed by atoms with Crippen LogP contribution in [0.4, 0.5) is 22.7 Å². The Labute approximate surface area is 309 Å². The number of carbonyl (C=O) groups excluding carboxylic acids is 4. The number of imide groups is 1. The maximum Gasteiger partial charge on any atom is 0.311 e. The third kappa shape index (κ3) is 7.24. The van der Waals surface area contributed by atoms with Crippen molar-refractivity contribution in [1.29, 1.82) is 0 Å². The number of amides is 2. The van der Waals surface area contributed by atoms with E-state index >= 15 is 0 Å². The quantitative estimate of drug-likeness (QED) is 0.0547. The van der Waals surface area contributed by atoms with Gasteiger partial charge in [-0.05, 0) is 122 Å². The van der Waals surface area contributed by atoms with Gasteiger partial charge in [0.1, 0.15) is 5.75 Å². The average molecular weight is 701 g/mol. The molecule has 0 aliphatic carbocycles. The normalized spacial score (nSPS) is 12.2. The number of hydrogen-bond acceptors (Lipinski definition) is 6. The third-order valence-electron chi connectivity index (χ3n) is 9.58. The van der Waals surface area contributed by atoms with Crippen molar-refractivity contribution in [2.24, 2.45) is 0 Å². The molecule has 0 aromatic heterocycles. The van der Waals surface area contributed by atoms with E-state index in [9.17, 15) is 19.2 Å². The number of para-hydroxylation sites is 1. The number of rotatable bonds is 12. The number of ether oxygens (including phenoxy) is 1. The first-order valence-electron chi connectivity index (χ1n) is 18.0. The number of hydrogen-bond donors (Lipinski definition) is 0. The number of esters is 1. The van der Waals surface area contributed by atoms with Crippen LogP contribution in [0.3, 0.4) is 0 Å². The van der Waals surface area contributed by atoms with E-state index in [4.69, 9.17) is 4.74 Å². The summed E-state index contributed by atoms with van der Waals surface area (Å²) in [7, 11) is 0. The first kappa shape index (κ1) is 35.1. The lowest BCUT2D eigenvalue weighted by Crippen LogP contribution is -2.40. The monoisotopic (exact) mass is 700 g/mol. The van der Waals surface area contributed by atoms with Gasteiger partial charge in [0.15, 0.2) is 5.78 Å². The summed E-state index contributed by atoms with van der Waals surface area (Å²) >= 11 is 0. The van der Waals surface area contributed by atoms with Gasteiger partial charge in [-0.15, -0.1) is 0 Å². The molecular weight excluding hydrogens is 661 g/mol.